The summed E-state index contributed by atoms with van der Waals surface area (Å²) in [6, 6.07) is 11.5. The molecule has 7 nitrogen and oxygen atoms in total. The number of rotatable bonds is 4. The zero-order valence-corrected chi connectivity index (χ0v) is 15.3. The Morgan fingerprint density at radius 1 is 1.33 bits per heavy atom. The molecule has 0 aliphatic carbocycles. The van der Waals surface area contributed by atoms with Gasteiger partial charge in [0.25, 0.3) is 0 Å². The Bertz CT molecular complexity index is 925. The highest BCUT2D eigenvalue weighted by Crippen LogP contribution is 2.20. The van der Waals surface area contributed by atoms with E-state index in [2.05, 4.69) is 15.4 Å². The van der Waals surface area contributed by atoms with Gasteiger partial charge in [0.15, 0.2) is 0 Å². The van der Waals surface area contributed by atoms with Crippen LogP contribution in [0.25, 0.3) is 10.9 Å². The van der Waals surface area contributed by atoms with Crippen LogP contribution < -0.4 is 5.32 Å². The third-order valence-electron chi connectivity index (χ3n) is 4.86. The lowest BCUT2D eigenvalue weighted by Gasteiger charge is -2.32. The molecule has 2 aromatic heterocycles. The van der Waals surface area contributed by atoms with E-state index in [1.54, 1.807) is 12.4 Å². The van der Waals surface area contributed by atoms with Gasteiger partial charge in [-0.3, -0.25) is 9.67 Å². The number of hydrogen-bond donors (Lipinski definition) is 1. The molecule has 0 bridgehead atoms. The molecule has 1 aromatic carbocycles. The number of urea groups is 1. The van der Waals surface area contributed by atoms with Crippen LogP contribution in [0.1, 0.15) is 18.5 Å². The topological polar surface area (TPSA) is 72.3 Å². The molecule has 2 amide bonds. The Hall–Kier alpha value is -2.93. The Morgan fingerprint density at radius 2 is 2.26 bits per heavy atom. The first kappa shape index (κ1) is 17.5. The predicted octanol–water partition coefficient (Wildman–Crippen LogP) is 3.18. The lowest BCUT2D eigenvalue weighted by atomic mass is 10.1. The zero-order valence-electron chi connectivity index (χ0n) is 15.3. The summed E-state index contributed by atoms with van der Waals surface area (Å²) in [4.78, 5) is 18.7. The Morgan fingerprint density at radius 3 is 3.11 bits per heavy atom. The van der Waals surface area contributed by atoms with Crippen molar-refractivity contribution in [1.82, 2.24) is 19.7 Å². The van der Waals surface area contributed by atoms with Crippen LogP contribution in [-0.2, 0) is 18.4 Å². The van der Waals surface area contributed by atoms with E-state index in [4.69, 9.17) is 4.74 Å². The summed E-state index contributed by atoms with van der Waals surface area (Å²) < 4.78 is 7.78. The van der Waals surface area contributed by atoms with E-state index < -0.39 is 0 Å². The van der Waals surface area contributed by atoms with Crippen LogP contribution in [0.4, 0.5) is 10.5 Å². The lowest BCUT2D eigenvalue weighted by Crippen LogP contribution is -2.45. The minimum Gasteiger partial charge on any atom is -0.370 e. The van der Waals surface area contributed by atoms with Crippen molar-refractivity contribution in [2.45, 2.75) is 25.6 Å². The molecule has 1 saturated heterocycles. The minimum atomic E-state index is -0.0932. The third kappa shape index (κ3) is 4.09. The summed E-state index contributed by atoms with van der Waals surface area (Å²) in [6.07, 6.45) is 5.48. The van der Waals surface area contributed by atoms with Gasteiger partial charge in [-0.15, -0.1) is 0 Å². The summed E-state index contributed by atoms with van der Waals surface area (Å²) in [6.45, 7) is 1.80. The van der Waals surface area contributed by atoms with Crippen LogP contribution in [0.5, 0.6) is 0 Å². The number of piperidine rings is 1. The van der Waals surface area contributed by atoms with E-state index in [-0.39, 0.29) is 12.1 Å². The first-order valence-corrected chi connectivity index (χ1v) is 9.18. The van der Waals surface area contributed by atoms with Gasteiger partial charge in [-0.05, 0) is 43.2 Å². The summed E-state index contributed by atoms with van der Waals surface area (Å²) in [5.41, 5.74) is 2.72. The summed E-state index contributed by atoms with van der Waals surface area (Å²) in [5.74, 6) is 0. The second-order valence-corrected chi connectivity index (χ2v) is 6.81. The van der Waals surface area contributed by atoms with Crippen molar-refractivity contribution in [3.63, 3.8) is 0 Å². The van der Waals surface area contributed by atoms with Gasteiger partial charge < -0.3 is 15.0 Å². The SMILES string of the molecule is Cn1ncc2cc(NC(=O)N3CCC[C@H](OCc4ccccn4)C3)ccc21. The highest BCUT2D eigenvalue weighted by molar-refractivity contribution is 5.92. The molecule has 27 heavy (non-hydrogen) atoms. The second-order valence-electron chi connectivity index (χ2n) is 6.81. The number of amides is 2. The maximum Gasteiger partial charge on any atom is 0.321 e. The van der Waals surface area contributed by atoms with Crippen LogP contribution in [0.15, 0.2) is 48.8 Å². The number of nitrogens with one attached hydrogen (secondary N) is 1. The van der Waals surface area contributed by atoms with Crippen LogP contribution >= 0.6 is 0 Å². The average molecular weight is 365 g/mol. The summed E-state index contributed by atoms with van der Waals surface area (Å²) >= 11 is 0. The van der Waals surface area contributed by atoms with Crippen molar-refractivity contribution in [2.75, 3.05) is 18.4 Å². The minimum absolute atomic E-state index is 0.0345. The van der Waals surface area contributed by atoms with E-state index in [0.29, 0.717) is 13.2 Å². The molecule has 0 saturated carbocycles. The standard InChI is InChI=1S/C20H23N5O2/c1-24-19-8-7-16(11-15(19)12-22-24)23-20(26)25-10-4-6-18(13-25)27-14-17-5-2-3-9-21-17/h2-3,5,7-9,11-12,18H,4,6,10,13-14H2,1H3,(H,23,26)/t18-/m0/s1. The number of fused-ring (bicyclic) bond motifs is 1. The Kier molecular flexibility index (Phi) is 5.02. The predicted molar refractivity (Wildman–Crippen MR) is 103 cm³/mol. The van der Waals surface area contributed by atoms with E-state index in [1.807, 2.05) is 53.0 Å². The molecule has 0 unspecified atom stereocenters. The molecule has 1 aliphatic rings. The van der Waals surface area contributed by atoms with E-state index in [1.165, 1.54) is 0 Å². The van der Waals surface area contributed by atoms with Crippen molar-refractivity contribution in [3.8, 4) is 0 Å². The first-order valence-electron chi connectivity index (χ1n) is 9.18. The van der Waals surface area contributed by atoms with Crippen molar-refractivity contribution in [2.24, 2.45) is 7.05 Å². The molecule has 4 rings (SSSR count). The molecule has 0 radical (unpaired) electrons. The van der Waals surface area contributed by atoms with E-state index in [0.717, 1.165) is 41.7 Å². The number of benzene rings is 1. The molecule has 0 spiro atoms. The monoisotopic (exact) mass is 365 g/mol. The number of likely N-dealkylation sites (tertiary alicyclic amines) is 1. The molecule has 1 aliphatic heterocycles. The maximum atomic E-state index is 12.7. The molecular weight excluding hydrogens is 342 g/mol. The Labute approximate surface area is 157 Å². The smallest absolute Gasteiger partial charge is 0.321 e. The second kappa shape index (κ2) is 7.75. The van der Waals surface area contributed by atoms with Gasteiger partial charge in [-0.2, -0.15) is 5.10 Å². The van der Waals surface area contributed by atoms with E-state index in [9.17, 15) is 4.79 Å². The number of carbonyl (C=O) groups excluding carboxylic acids is 1. The molecule has 7 heteroatoms. The van der Waals surface area contributed by atoms with E-state index >= 15 is 0 Å². The molecule has 3 heterocycles. The number of nitrogens with zero attached hydrogens (tertiary/aromatic N) is 4. The highest BCUT2D eigenvalue weighted by Gasteiger charge is 2.24. The highest BCUT2D eigenvalue weighted by atomic mass is 16.5. The quantitative estimate of drug-likeness (QED) is 0.771. The van der Waals surface area contributed by atoms with Crippen molar-refractivity contribution < 1.29 is 9.53 Å². The van der Waals surface area contributed by atoms with Gasteiger partial charge in [0.2, 0.25) is 0 Å². The number of aromatic nitrogens is 3. The third-order valence-corrected chi connectivity index (χ3v) is 4.86. The van der Waals surface area contributed by atoms with Gasteiger partial charge in [0.05, 0.1) is 30.1 Å². The Balaban J connectivity index is 1.34. The molecule has 1 fully saturated rings. The van der Waals surface area contributed by atoms with Crippen LogP contribution in [0.2, 0.25) is 0 Å². The van der Waals surface area contributed by atoms with Gasteiger partial charge >= 0.3 is 6.03 Å². The van der Waals surface area contributed by atoms with Crippen molar-refractivity contribution in [3.05, 3.63) is 54.5 Å². The number of pyridine rings is 1. The average Bonchev–Trinajstić information content (AvgIpc) is 3.07. The largest absolute Gasteiger partial charge is 0.370 e. The zero-order chi connectivity index (χ0) is 18.6. The fraction of sp³-hybridized carbons (Fsp3) is 0.350. The van der Waals surface area contributed by atoms with Crippen LogP contribution in [0.3, 0.4) is 0 Å². The number of hydrogen-bond acceptors (Lipinski definition) is 4. The van der Waals surface area contributed by atoms with Gasteiger partial charge in [0.1, 0.15) is 0 Å². The number of aryl methyl sites for hydroxylation is 1. The summed E-state index contributed by atoms with van der Waals surface area (Å²) in [7, 11) is 1.90. The molecule has 1 atom stereocenters. The van der Waals surface area contributed by atoms with Crippen LogP contribution in [0, 0.1) is 0 Å². The molecule has 1 N–H and O–H groups in total. The maximum absolute atomic E-state index is 12.7. The van der Waals surface area contributed by atoms with Crippen molar-refractivity contribution in [1.29, 1.82) is 0 Å². The van der Waals surface area contributed by atoms with Crippen molar-refractivity contribution >= 4 is 22.6 Å². The molecule has 140 valence electrons. The van der Waals surface area contributed by atoms with Gasteiger partial charge in [-0.25, -0.2) is 4.79 Å². The lowest BCUT2D eigenvalue weighted by molar-refractivity contribution is -0.000325. The number of carbonyl (C=O) groups is 1. The molecular formula is C20H23N5O2. The fourth-order valence-electron chi connectivity index (χ4n) is 3.39. The number of anilines is 1. The van der Waals surface area contributed by atoms with Gasteiger partial charge in [0, 0.05) is 37.4 Å². The normalized spacial score (nSPS) is 17.2. The first-order chi connectivity index (χ1) is 13.2. The fourth-order valence-corrected chi connectivity index (χ4v) is 3.39. The van der Waals surface area contributed by atoms with Gasteiger partial charge in [-0.1, -0.05) is 6.07 Å². The summed E-state index contributed by atoms with van der Waals surface area (Å²) in [5, 5.41) is 8.23. The molecule has 3 aromatic rings. The number of ether oxygens (including phenoxy) is 1. The van der Waals surface area contributed by atoms with Crippen LogP contribution in [-0.4, -0.2) is 44.9 Å².